The second kappa shape index (κ2) is 10.1. The molecule has 0 heterocycles. The van der Waals surface area contributed by atoms with Crippen LogP contribution in [0.5, 0.6) is 5.75 Å². The molecule has 0 bridgehead atoms. The van der Waals surface area contributed by atoms with Crippen molar-refractivity contribution in [3.8, 4) is 5.75 Å². The average Bonchev–Trinajstić information content (AvgIpc) is 2.70. The molecule has 0 radical (unpaired) electrons. The fraction of sp³-hybridized carbons (Fsp3) is 0.318. The van der Waals surface area contributed by atoms with Crippen LogP contribution in [0.3, 0.4) is 0 Å². The molecule has 2 aromatic carbocycles. The second-order valence-electron chi connectivity index (χ2n) is 7.28. The summed E-state index contributed by atoms with van der Waals surface area (Å²) in [6, 6.07) is 14.0. The Balaban J connectivity index is 1.99. The van der Waals surface area contributed by atoms with Gasteiger partial charge in [0.15, 0.2) is 12.4 Å². The molecule has 0 unspecified atom stereocenters. The number of esters is 1. The van der Waals surface area contributed by atoms with E-state index >= 15 is 0 Å². The Morgan fingerprint density at radius 2 is 1.66 bits per heavy atom. The van der Waals surface area contributed by atoms with Crippen molar-refractivity contribution in [1.82, 2.24) is 0 Å². The number of carbonyl (C=O) groups is 3. The van der Waals surface area contributed by atoms with Crippen LogP contribution in [0.25, 0.3) is 0 Å². The molecule has 0 saturated heterocycles. The first-order chi connectivity index (χ1) is 13.7. The van der Waals surface area contributed by atoms with Crippen LogP contribution in [0.2, 0.25) is 0 Å². The first-order valence-electron chi connectivity index (χ1n) is 9.07. The van der Waals surface area contributed by atoms with E-state index in [1.54, 1.807) is 63.2 Å². The summed E-state index contributed by atoms with van der Waals surface area (Å²) in [7, 11) is 1.53. The summed E-state index contributed by atoms with van der Waals surface area (Å²) in [5, 5.41) is 2.79. The molecule has 29 heavy (non-hydrogen) atoms. The summed E-state index contributed by atoms with van der Waals surface area (Å²) in [6.45, 7) is 5.03. The molecule has 6 nitrogen and oxygen atoms in total. The molecule has 154 valence electrons. The van der Waals surface area contributed by atoms with Crippen LogP contribution in [0.4, 0.5) is 5.69 Å². The molecule has 0 aliphatic carbocycles. The maximum atomic E-state index is 12.4. The van der Waals surface area contributed by atoms with Gasteiger partial charge in [0.05, 0.1) is 24.1 Å². The smallest absolute Gasteiger partial charge is 0.339 e. The fourth-order valence-electron chi connectivity index (χ4n) is 2.26. The molecule has 7 heteroatoms. The van der Waals surface area contributed by atoms with Crippen molar-refractivity contribution in [2.24, 2.45) is 5.41 Å². The molecule has 0 saturated carbocycles. The van der Waals surface area contributed by atoms with Gasteiger partial charge in [-0.3, -0.25) is 9.59 Å². The van der Waals surface area contributed by atoms with Gasteiger partial charge >= 0.3 is 5.97 Å². The summed E-state index contributed by atoms with van der Waals surface area (Å²) in [6.07, 6.45) is 0. The Hall–Kier alpha value is -2.80. The summed E-state index contributed by atoms with van der Waals surface area (Å²) < 4.78 is 10.4. The Morgan fingerprint density at radius 1 is 1.00 bits per heavy atom. The van der Waals surface area contributed by atoms with Crippen LogP contribution in [0.15, 0.2) is 53.4 Å². The summed E-state index contributed by atoms with van der Waals surface area (Å²) in [4.78, 5) is 37.3. The predicted octanol–water partition coefficient (Wildman–Crippen LogP) is 4.20. The molecule has 1 amide bonds. The van der Waals surface area contributed by atoms with Crippen LogP contribution >= 0.6 is 11.8 Å². The highest BCUT2D eigenvalue weighted by Gasteiger charge is 2.23. The second-order valence-corrected chi connectivity index (χ2v) is 8.30. The number of anilines is 1. The third-order valence-corrected chi connectivity index (χ3v) is 5.09. The van der Waals surface area contributed by atoms with Crippen LogP contribution in [-0.2, 0) is 14.3 Å². The van der Waals surface area contributed by atoms with Gasteiger partial charge in [-0.05, 0) is 24.3 Å². The number of Topliss-reactive ketones (excluding diaryl/α,β-unsaturated/α-hetero) is 1. The van der Waals surface area contributed by atoms with Crippen molar-refractivity contribution in [3.05, 3.63) is 54.1 Å². The zero-order chi connectivity index (χ0) is 21.4. The van der Waals surface area contributed by atoms with E-state index in [4.69, 9.17) is 9.47 Å². The lowest BCUT2D eigenvalue weighted by molar-refractivity contribution is -0.129. The van der Waals surface area contributed by atoms with Crippen molar-refractivity contribution in [3.63, 3.8) is 0 Å². The maximum absolute atomic E-state index is 12.4. The standard InChI is InChI=1S/C22H25NO5S/c1-22(2,3)19(24)13-28-21(26)15-9-5-8-12-18(15)29-14-20(25)23-16-10-6-7-11-17(16)27-4/h5-12H,13-14H2,1-4H3,(H,23,25). The summed E-state index contributed by atoms with van der Waals surface area (Å²) in [5.41, 5.74) is 0.323. The zero-order valence-electron chi connectivity index (χ0n) is 17.0. The number of rotatable bonds is 8. The molecule has 0 spiro atoms. The van der Waals surface area contributed by atoms with Crippen molar-refractivity contribution < 1.29 is 23.9 Å². The van der Waals surface area contributed by atoms with Gasteiger partial charge in [0.2, 0.25) is 5.91 Å². The van der Waals surface area contributed by atoms with Crippen molar-refractivity contribution in [2.45, 2.75) is 25.7 Å². The first-order valence-corrected chi connectivity index (χ1v) is 10.1. The van der Waals surface area contributed by atoms with E-state index in [2.05, 4.69) is 5.32 Å². The van der Waals surface area contributed by atoms with Gasteiger partial charge < -0.3 is 14.8 Å². The number of nitrogens with one attached hydrogen (secondary N) is 1. The number of thioether (sulfide) groups is 1. The molecule has 2 aromatic rings. The van der Waals surface area contributed by atoms with Crippen molar-refractivity contribution in [1.29, 1.82) is 0 Å². The normalized spacial score (nSPS) is 10.9. The number of amides is 1. The third-order valence-electron chi connectivity index (χ3n) is 4.02. The predicted molar refractivity (Wildman–Crippen MR) is 114 cm³/mol. The first kappa shape index (κ1) is 22.5. The molecular formula is C22H25NO5S. The van der Waals surface area contributed by atoms with Gasteiger partial charge in [-0.25, -0.2) is 4.79 Å². The molecule has 0 aliphatic heterocycles. The van der Waals surface area contributed by atoms with Gasteiger partial charge in [0, 0.05) is 10.3 Å². The van der Waals surface area contributed by atoms with E-state index in [9.17, 15) is 14.4 Å². The minimum atomic E-state index is -0.587. The maximum Gasteiger partial charge on any atom is 0.339 e. The van der Waals surface area contributed by atoms with Gasteiger partial charge in [-0.1, -0.05) is 45.0 Å². The van der Waals surface area contributed by atoms with E-state index in [1.807, 2.05) is 6.07 Å². The summed E-state index contributed by atoms with van der Waals surface area (Å²) >= 11 is 1.22. The minimum absolute atomic E-state index is 0.100. The number of hydrogen-bond donors (Lipinski definition) is 1. The van der Waals surface area contributed by atoms with Crippen molar-refractivity contribution in [2.75, 3.05) is 24.8 Å². The van der Waals surface area contributed by atoms with Gasteiger partial charge in [0.1, 0.15) is 5.75 Å². The van der Waals surface area contributed by atoms with E-state index in [-0.39, 0.29) is 24.1 Å². The number of ketones is 1. The molecule has 0 aliphatic rings. The lowest BCUT2D eigenvalue weighted by Crippen LogP contribution is -2.26. The van der Waals surface area contributed by atoms with Crippen molar-refractivity contribution >= 4 is 35.1 Å². The number of carbonyl (C=O) groups excluding carboxylic acids is 3. The topological polar surface area (TPSA) is 81.7 Å². The molecule has 0 aromatic heterocycles. The minimum Gasteiger partial charge on any atom is -0.495 e. The number of hydrogen-bond acceptors (Lipinski definition) is 6. The number of ether oxygens (including phenoxy) is 2. The van der Waals surface area contributed by atoms with E-state index in [0.29, 0.717) is 21.9 Å². The Morgan fingerprint density at radius 3 is 2.34 bits per heavy atom. The van der Waals surface area contributed by atoms with E-state index in [0.717, 1.165) is 0 Å². The SMILES string of the molecule is COc1ccccc1NC(=O)CSc1ccccc1C(=O)OCC(=O)C(C)(C)C. The Kier molecular flexibility index (Phi) is 7.84. The molecule has 0 fully saturated rings. The molecular weight excluding hydrogens is 390 g/mol. The lowest BCUT2D eigenvalue weighted by Gasteiger charge is -2.16. The van der Waals surface area contributed by atoms with Gasteiger partial charge in [0.25, 0.3) is 0 Å². The van der Waals surface area contributed by atoms with E-state index < -0.39 is 11.4 Å². The Labute approximate surface area is 175 Å². The lowest BCUT2D eigenvalue weighted by atomic mass is 9.91. The van der Waals surface area contributed by atoms with Crippen LogP contribution in [0.1, 0.15) is 31.1 Å². The molecule has 1 N–H and O–H groups in total. The number of benzene rings is 2. The third kappa shape index (κ3) is 6.64. The highest BCUT2D eigenvalue weighted by Crippen LogP contribution is 2.26. The monoisotopic (exact) mass is 415 g/mol. The number of para-hydroxylation sites is 2. The van der Waals surface area contributed by atoms with Crippen LogP contribution < -0.4 is 10.1 Å². The fourth-order valence-corrected chi connectivity index (χ4v) is 3.10. The highest BCUT2D eigenvalue weighted by molar-refractivity contribution is 8.00. The Bertz CT molecular complexity index is 889. The summed E-state index contributed by atoms with van der Waals surface area (Å²) in [5.74, 6) is -0.310. The van der Waals surface area contributed by atoms with Gasteiger partial charge in [-0.15, -0.1) is 11.8 Å². The largest absolute Gasteiger partial charge is 0.495 e. The quantitative estimate of drug-likeness (QED) is 0.514. The average molecular weight is 416 g/mol. The van der Waals surface area contributed by atoms with Gasteiger partial charge in [-0.2, -0.15) is 0 Å². The number of methoxy groups -OCH3 is 1. The highest BCUT2D eigenvalue weighted by atomic mass is 32.2. The molecule has 0 atom stereocenters. The van der Waals surface area contributed by atoms with Crippen LogP contribution in [0, 0.1) is 5.41 Å². The van der Waals surface area contributed by atoms with Crippen LogP contribution in [-0.4, -0.2) is 37.1 Å². The zero-order valence-corrected chi connectivity index (χ0v) is 17.8. The molecule has 2 rings (SSSR count). The van der Waals surface area contributed by atoms with E-state index in [1.165, 1.54) is 18.9 Å².